The molecule has 1 aliphatic carbocycles. The van der Waals surface area contributed by atoms with Gasteiger partial charge < -0.3 is 5.32 Å². The Bertz CT molecular complexity index is 1310. The fraction of sp³-hybridized carbons (Fsp3) is 0.360. The van der Waals surface area contributed by atoms with Gasteiger partial charge in [0.1, 0.15) is 5.54 Å². The van der Waals surface area contributed by atoms with Crippen molar-refractivity contribution >= 4 is 45.9 Å². The highest BCUT2D eigenvalue weighted by molar-refractivity contribution is 7.99. The molecule has 2 heterocycles. The lowest BCUT2D eigenvalue weighted by atomic mass is 9.96. The molecule has 2 aromatic carbocycles. The maximum atomic E-state index is 13.5. The van der Waals surface area contributed by atoms with E-state index in [1.807, 2.05) is 42.5 Å². The molecule has 0 bridgehead atoms. The molecule has 0 unspecified atom stereocenters. The Labute approximate surface area is 196 Å². The van der Waals surface area contributed by atoms with Gasteiger partial charge in [0.25, 0.3) is 5.56 Å². The number of hydrogen-bond acceptors (Lipinski definition) is 5. The second kappa shape index (κ2) is 8.33. The second-order valence-electron chi connectivity index (χ2n) is 9.07. The Kier molecular flexibility index (Phi) is 5.48. The summed E-state index contributed by atoms with van der Waals surface area (Å²) in [6.07, 6.45) is 4.05. The fourth-order valence-corrected chi connectivity index (χ4v) is 5.72. The van der Waals surface area contributed by atoms with Gasteiger partial charge in [-0.2, -0.15) is 0 Å². The summed E-state index contributed by atoms with van der Waals surface area (Å²) in [6, 6.07) is 14.8. The number of rotatable bonds is 4. The van der Waals surface area contributed by atoms with Gasteiger partial charge in [-0.15, -0.1) is 0 Å². The maximum Gasteiger partial charge on any atom is 0.262 e. The van der Waals surface area contributed by atoms with Crippen molar-refractivity contribution < 1.29 is 9.59 Å². The summed E-state index contributed by atoms with van der Waals surface area (Å²) in [4.78, 5) is 45.9. The molecule has 0 radical (unpaired) electrons. The first kappa shape index (κ1) is 21.7. The SMILES string of the molecule is CC1(C)C(=O)Nc2ccccc2N1C(=O)CSc1nc2ccccc2c(=O)n1C1CCCC1. The zero-order valence-corrected chi connectivity index (χ0v) is 19.5. The Morgan fingerprint density at radius 2 is 1.79 bits per heavy atom. The van der Waals surface area contributed by atoms with Crippen molar-refractivity contribution in [1.29, 1.82) is 0 Å². The molecule has 1 saturated carbocycles. The molecule has 2 aliphatic rings. The summed E-state index contributed by atoms with van der Waals surface area (Å²) in [5, 5.41) is 4.05. The van der Waals surface area contributed by atoms with Crippen LogP contribution in [-0.2, 0) is 9.59 Å². The number of benzene rings is 2. The highest BCUT2D eigenvalue weighted by atomic mass is 32.2. The van der Waals surface area contributed by atoms with Gasteiger partial charge >= 0.3 is 0 Å². The third-order valence-corrected chi connectivity index (χ3v) is 7.48. The lowest BCUT2D eigenvalue weighted by Crippen LogP contribution is -2.59. The molecule has 0 saturated heterocycles. The summed E-state index contributed by atoms with van der Waals surface area (Å²) in [5.41, 5.74) is 0.841. The number of thioether (sulfide) groups is 1. The van der Waals surface area contributed by atoms with Crippen LogP contribution in [0.1, 0.15) is 45.6 Å². The normalized spacial score (nSPS) is 17.8. The van der Waals surface area contributed by atoms with Crippen LogP contribution in [-0.4, -0.2) is 32.7 Å². The molecule has 0 spiro atoms. The minimum atomic E-state index is -1.03. The van der Waals surface area contributed by atoms with Gasteiger partial charge in [-0.3, -0.25) is 23.9 Å². The highest BCUT2D eigenvalue weighted by Gasteiger charge is 2.43. The number of amides is 2. The summed E-state index contributed by atoms with van der Waals surface area (Å²) in [6.45, 7) is 3.48. The first-order valence-corrected chi connectivity index (χ1v) is 12.2. The van der Waals surface area contributed by atoms with Crippen molar-refractivity contribution in [2.75, 3.05) is 16.0 Å². The molecule has 1 aromatic heterocycles. The molecule has 1 N–H and O–H groups in total. The monoisotopic (exact) mass is 462 g/mol. The van der Waals surface area contributed by atoms with Crippen LogP contribution in [0, 0.1) is 0 Å². The van der Waals surface area contributed by atoms with E-state index in [2.05, 4.69) is 5.32 Å². The number of carbonyl (C=O) groups excluding carboxylic acids is 2. The molecule has 1 fully saturated rings. The predicted octanol–water partition coefficient (Wildman–Crippen LogP) is 4.37. The molecule has 5 rings (SSSR count). The lowest BCUT2D eigenvalue weighted by molar-refractivity contribution is -0.125. The lowest BCUT2D eigenvalue weighted by Gasteiger charge is -2.42. The quantitative estimate of drug-likeness (QED) is 0.460. The second-order valence-corrected chi connectivity index (χ2v) is 10.0. The zero-order valence-electron chi connectivity index (χ0n) is 18.7. The molecule has 1 aliphatic heterocycles. The van der Waals surface area contributed by atoms with Gasteiger partial charge in [-0.25, -0.2) is 4.98 Å². The van der Waals surface area contributed by atoms with Crippen molar-refractivity contribution in [3.8, 4) is 0 Å². The van der Waals surface area contributed by atoms with E-state index < -0.39 is 5.54 Å². The topological polar surface area (TPSA) is 84.3 Å². The van der Waals surface area contributed by atoms with E-state index in [9.17, 15) is 14.4 Å². The zero-order chi connectivity index (χ0) is 23.2. The summed E-state index contributed by atoms with van der Waals surface area (Å²) in [5.74, 6) is -0.360. The molecular weight excluding hydrogens is 436 g/mol. The van der Waals surface area contributed by atoms with Crippen LogP contribution >= 0.6 is 11.8 Å². The maximum absolute atomic E-state index is 13.5. The van der Waals surface area contributed by atoms with Crippen LogP contribution in [0.15, 0.2) is 58.5 Å². The summed E-state index contributed by atoms with van der Waals surface area (Å²) < 4.78 is 1.79. The van der Waals surface area contributed by atoms with Crippen LogP contribution in [0.2, 0.25) is 0 Å². The first-order chi connectivity index (χ1) is 15.9. The number of hydrogen-bond donors (Lipinski definition) is 1. The van der Waals surface area contributed by atoms with Crippen LogP contribution in [0.5, 0.6) is 0 Å². The first-order valence-electron chi connectivity index (χ1n) is 11.3. The van der Waals surface area contributed by atoms with Gasteiger partial charge in [-0.1, -0.05) is 48.9 Å². The molecule has 170 valence electrons. The molecule has 8 heteroatoms. The van der Waals surface area contributed by atoms with Gasteiger partial charge in [0, 0.05) is 6.04 Å². The Morgan fingerprint density at radius 3 is 2.58 bits per heavy atom. The highest BCUT2D eigenvalue weighted by Crippen LogP contribution is 2.38. The molecule has 33 heavy (non-hydrogen) atoms. The minimum Gasteiger partial charge on any atom is -0.322 e. The molecular formula is C25H26N4O3S. The van der Waals surface area contributed by atoms with Crippen LogP contribution < -0.4 is 15.8 Å². The van der Waals surface area contributed by atoms with Gasteiger partial charge in [0.05, 0.1) is 28.0 Å². The molecule has 3 aromatic rings. The van der Waals surface area contributed by atoms with Crippen molar-refractivity contribution in [1.82, 2.24) is 9.55 Å². The smallest absolute Gasteiger partial charge is 0.262 e. The van der Waals surface area contributed by atoms with E-state index in [1.54, 1.807) is 29.4 Å². The van der Waals surface area contributed by atoms with Crippen molar-refractivity contribution in [3.05, 3.63) is 58.9 Å². The van der Waals surface area contributed by atoms with Crippen molar-refractivity contribution in [3.63, 3.8) is 0 Å². The third-order valence-electron chi connectivity index (χ3n) is 6.55. The van der Waals surface area contributed by atoms with E-state index in [4.69, 9.17) is 4.98 Å². The number of carbonyl (C=O) groups is 2. The van der Waals surface area contributed by atoms with Gasteiger partial charge in [0.15, 0.2) is 5.16 Å². The van der Waals surface area contributed by atoms with Crippen LogP contribution in [0.3, 0.4) is 0 Å². The number of aromatic nitrogens is 2. The van der Waals surface area contributed by atoms with E-state index in [0.29, 0.717) is 27.4 Å². The van der Waals surface area contributed by atoms with Crippen molar-refractivity contribution in [2.24, 2.45) is 0 Å². The van der Waals surface area contributed by atoms with E-state index in [0.717, 1.165) is 25.7 Å². The average Bonchev–Trinajstić information content (AvgIpc) is 3.32. The Hall–Kier alpha value is -3.13. The number of anilines is 2. The van der Waals surface area contributed by atoms with E-state index in [1.165, 1.54) is 11.8 Å². The van der Waals surface area contributed by atoms with E-state index >= 15 is 0 Å². The minimum absolute atomic E-state index is 0.0505. The number of fused-ring (bicyclic) bond motifs is 2. The standard InChI is InChI=1S/C25H26N4O3S/c1-25(2)23(32)26-19-13-7-8-14-20(19)29(25)21(30)15-33-24-27-18-12-6-5-11-17(18)22(31)28(24)16-9-3-4-10-16/h5-8,11-14,16H,3-4,9-10,15H2,1-2H3,(H,26,32). The predicted molar refractivity (Wildman–Crippen MR) is 131 cm³/mol. The largest absolute Gasteiger partial charge is 0.322 e. The average molecular weight is 463 g/mol. The summed E-state index contributed by atoms with van der Waals surface area (Å²) in [7, 11) is 0. The number of nitrogens with zero attached hydrogens (tertiary/aromatic N) is 3. The number of para-hydroxylation sites is 3. The molecule has 0 atom stereocenters. The number of nitrogens with one attached hydrogen (secondary N) is 1. The summed E-state index contributed by atoms with van der Waals surface area (Å²) >= 11 is 1.27. The van der Waals surface area contributed by atoms with Crippen LogP contribution in [0.4, 0.5) is 11.4 Å². The van der Waals surface area contributed by atoms with Crippen LogP contribution in [0.25, 0.3) is 10.9 Å². The van der Waals surface area contributed by atoms with Gasteiger partial charge in [0.2, 0.25) is 11.8 Å². The Balaban J connectivity index is 1.50. The van der Waals surface area contributed by atoms with Gasteiger partial charge in [-0.05, 0) is 51.0 Å². The third kappa shape index (κ3) is 3.72. The van der Waals surface area contributed by atoms with E-state index in [-0.39, 0.29) is 29.2 Å². The fourth-order valence-electron chi connectivity index (χ4n) is 4.80. The Morgan fingerprint density at radius 1 is 1.09 bits per heavy atom. The molecule has 7 nitrogen and oxygen atoms in total. The van der Waals surface area contributed by atoms with Crippen molar-refractivity contribution in [2.45, 2.75) is 56.3 Å². The molecule has 2 amide bonds.